The van der Waals surface area contributed by atoms with Crippen molar-refractivity contribution < 1.29 is 27.5 Å². The number of aromatic nitrogens is 3. The summed E-state index contributed by atoms with van der Waals surface area (Å²) in [6.45, 7) is 5.44. The van der Waals surface area contributed by atoms with Crippen LogP contribution in [0.4, 0.5) is 19.1 Å². The van der Waals surface area contributed by atoms with Gasteiger partial charge in [0, 0.05) is 23.9 Å². The Kier molecular flexibility index (Phi) is 7.30. The molecular formula is C19H22F3N5O3. The number of nitrogens with one attached hydrogen (secondary N) is 2. The van der Waals surface area contributed by atoms with Crippen LogP contribution in [0.5, 0.6) is 5.88 Å². The quantitative estimate of drug-likeness (QED) is 0.706. The van der Waals surface area contributed by atoms with E-state index in [4.69, 9.17) is 0 Å². The number of nitrogens with zero attached hydrogens (tertiary/aromatic N) is 3. The first-order chi connectivity index (χ1) is 13.9. The van der Waals surface area contributed by atoms with Crippen molar-refractivity contribution in [3.63, 3.8) is 0 Å². The first-order valence-corrected chi connectivity index (χ1v) is 9.07. The molecule has 0 bridgehead atoms. The highest BCUT2D eigenvalue weighted by atomic mass is 19.4. The Balaban J connectivity index is 2.04. The maximum absolute atomic E-state index is 12.4. The summed E-state index contributed by atoms with van der Waals surface area (Å²) in [4.78, 5) is 36.4. The molecule has 8 nitrogen and oxygen atoms in total. The van der Waals surface area contributed by atoms with E-state index in [1.165, 1.54) is 12.1 Å². The minimum atomic E-state index is -4.48. The predicted octanol–water partition coefficient (Wildman–Crippen LogP) is 3.21. The second-order valence-corrected chi connectivity index (χ2v) is 6.89. The molecule has 1 unspecified atom stereocenters. The normalized spacial score (nSPS) is 12.4. The lowest BCUT2D eigenvalue weighted by atomic mass is 10.2. The molecule has 0 aliphatic carbocycles. The smallest absolute Gasteiger partial charge is 0.422 e. The first-order valence-electron chi connectivity index (χ1n) is 9.07. The molecule has 0 saturated heterocycles. The molecule has 1 atom stereocenters. The fraction of sp³-hybridized carbons (Fsp3) is 0.421. The molecular weight excluding hydrogens is 403 g/mol. The van der Waals surface area contributed by atoms with Crippen molar-refractivity contribution in [2.24, 2.45) is 5.92 Å². The number of anilines is 1. The van der Waals surface area contributed by atoms with E-state index in [1.54, 1.807) is 33.8 Å². The second-order valence-electron chi connectivity index (χ2n) is 6.89. The van der Waals surface area contributed by atoms with Gasteiger partial charge in [0.25, 0.3) is 5.91 Å². The van der Waals surface area contributed by atoms with Crippen LogP contribution < -0.4 is 15.4 Å². The molecule has 162 valence electrons. The summed E-state index contributed by atoms with van der Waals surface area (Å²) < 4.78 is 41.0. The Bertz CT molecular complexity index is 901. The Morgan fingerprint density at radius 2 is 1.87 bits per heavy atom. The standard InChI is InChI=1S/C19H22F3N5O3/c1-10(2)16(28)27-18-24-11(3)7-14(26-18)12(4)25-17(29)13-5-6-15(23-8-13)30-9-19(20,21)22/h5-8,10,12H,9H2,1-4H3,(H,25,29)(H,24,26,27,28). The van der Waals surface area contributed by atoms with Crippen LogP contribution in [-0.4, -0.2) is 39.5 Å². The highest BCUT2D eigenvalue weighted by molar-refractivity contribution is 5.94. The number of alkyl halides is 3. The van der Waals surface area contributed by atoms with E-state index >= 15 is 0 Å². The molecule has 2 rings (SSSR count). The van der Waals surface area contributed by atoms with Crippen molar-refractivity contribution in [2.45, 2.75) is 39.9 Å². The summed E-state index contributed by atoms with van der Waals surface area (Å²) in [6, 6.07) is 3.62. The number of carbonyl (C=O) groups excluding carboxylic acids is 2. The lowest BCUT2D eigenvalue weighted by Gasteiger charge is -2.15. The third-order valence-electron chi connectivity index (χ3n) is 3.81. The van der Waals surface area contributed by atoms with Crippen LogP contribution in [-0.2, 0) is 4.79 Å². The molecule has 0 aliphatic heterocycles. The zero-order valence-electron chi connectivity index (χ0n) is 16.9. The summed E-state index contributed by atoms with van der Waals surface area (Å²) in [6.07, 6.45) is -3.36. The summed E-state index contributed by atoms with van der Waals surface area (Å²) in [5.41, 5.74) is 1.22. The Labute approximate surface area is 171 Å². The summed E-state index contributed by atoms with van der Waals surface area (Å²) in [5.74, 6) is -1.08. The molecule has 2 N–H and O–H groups in total. The third kappa shape index (κ3) is 6.98. The van der Waals surface area contributed by atoms with Crippen LogP contribution >= 0.6 is 0 Å². The van der Waals surface area contributed by atoms with Crippen molar-refractivity contribution in [2.75, 3.05) is 11.9 Å². The van der Waals surface area contributed by atoms with Gasteiger partial charge in [-0.2, -0.15) is 13.2 Å². The number of hydrogen-bond donors (Lipinski definition) is 2. The van der Waals surface area contributed by atoms with E-state index in [2.05, 4.69) is 30.3 Å². The zero-order chi connectivity index (χ0) is 22.5. The minimum absolute atomic E-state index is 0.137. The zero-order valence-corrected chi connectivity index (χ0v) is 16.9. The largest absolute Gasteiger partial charge is 0.468 e. The number of pyridine rings is 1. The molecule has 2 aromatic rings. The van der Waals surface area contributed by atoms with Gasteiger partial charge in [0.2, 0.25) is 17.7 Å². The van der Waals surface area contributed by atoms with Gasteiger partial charge in [0.05, 0.1) is 17.3 Å². The van der Waals surface area contributed by atoms with Crippen molar-refractivity contribution in [1.29, 1.82) is 0 Å². The number of halogens is 3. The van der Waals surface area contributed by atoms with Gasteiger partial charge in [-0.05, 0) is 26.0 Å². The van der Waals surface area contributed by atoms with Gasteiger partial charge >= 0.3 is 6.18 Å². The average molecular weight is 425 g/mol. The second kappa shape index (κ2) is 9.51. The Morgan fingerprint density at radius 3 is 2.43 bits per heavy atom. The van der Waals surface area contributed by atoms with Crippen LogP contribution in [0.1, 0.15) is 48.6 Å². The van der Waals surface area contributed by atoms with E-state index < -0.39 is 24.7 Å². The van der Waals surface area contributed by atoms with Gasteiger partial charge in [0.1, 0.15) is 0 Å². The highest BCUT2D eigenvalue weighted by Gasteiger charge is 2.28. The fourth-order valence-electron chi connectivity index (χ4n) is 2.23. The number of aryl methyl sites for hydroxylation is 1. The minimum Gasteiger partial charge on any atom is -0.468 e. The molecule has 0 aliphatic rings. The monoisotopic (exact) mass is 425 g/mol. The summed E-state index contributed by atoms with van der Waals surface area (Å²) in [5, 5.41) is 5.33. The molecule has 30 heavy (non-hydrogen) atoms. The van der Waals surface area contributed by atoms with Gasteiger partial charge in [-0.3, -0.25) is 14.9 Å². The van der Waals surface area contributed by atoms with Gasteiger partial charge in [-0.1, -0.05) is 13.8 Å². The molecule has 0 spiro atoms. The van der Waals surface area contributed by atoms with E-state index in [0.29, 0.717) is 11.4 Å². The summed E-state index contributed by atoms with van der Waals surface area (Å²) >= 11 is 0. The molecule has 2 aromatic heterocycles. The van der Waals surface area contributed by atoms with E-state index in [-0.39, 0.29) is 29.2 Å². The van der Waals surface area contributed by atoms with Crippen molar-refractivity contribution in [3.05, 3.63) is 41.3 Å². The number of amides is 2. The lowest BCUT2D eigenvalue weighted by Crippen LogP contribution is -2.28. The number of rotatable bonds is 7. The van der Waals surface area contributed by atoms with Gasteiger partial charge in [0.15, 0.2) is 6.61 Å². The van der Waals surface area contributed by atoms with Crippen LogP contribution in [0, 0.1) is 12.8 Å². The molecule has 0 fully saturated rings. The van der Waals surface area contributed by atoms with Crippen LogP contribution in [0.25, 0.3) is 0 Å². The third-order valence-corrected chi connectivity index (χ3v) is 3.81. The Hall–Kier alpha value is -3.24. The SMILES string of the molecule is Cc1cc(C(C)NC(=O)c2ccc(OCC(F)(F)F)nc2)nc(NC(=O)C(C)C)n1. The molecule has 11 heteroatoms. The molecule has 0 saturated carbocycles. The molecule has 2 amide bonds. The molecule has 0 radical (unpaired) electrons. The number of ether oxygens (including phenoxy) is 1. The highest BCUT2D eigenvalue weighted by Crippen LogP contribution is 2.18. The predicted molar refractivity (Wildman–Crippen MR) is 102 cm³/mol. The van der Waals surface area contributed by atoms with Crippen molar-refractivity contribution in [3.8, 4) is 5.88 Å². The van der Waals surface area contributed by atoms with Gasteiger partial charge in [-0.15, -0.1) is 0 Å². The van der Waals surface area contributed by atoms with Crippen molar-refractivity contribution in [1.82, 2.24) is 20.3 Å². The first kappa shape index (κ1) is 23.0. The van der Waals surface area contributed by atoms with Gasteiger partial charge < -0.3 is 10.1 Å². The maximum atomic E-state index is 12.4. The number of hydrogen-bond acceptors (Lipinski definition) is 6. The van der Waals surface area contributed by atoms with Crippen LogP contribution in [0.3, 0.4) is 0 Å². The van der Waals surface area contributed by atoms with E-state index in [0.717, 1.165) is 6.20 Å². The average Bonchev–Trinajstić information content (AvgIpc) is 2.65. The maximum Gasteiger partial charge on any atom is 0.422 e. The number of carbonyl (C=O) groups is 2. The summed E-state index contributed by atoms with van der Waals surface area (Å²) in [7, 11) is 0. The lowest BCUT2D eigenvalue weighted by molar-refractivity contribution is -0.154. The van der Waals surface area contributed by atoms with E-state index in [9.17, 15) is 22.8 Å². The van der Waals surface area contributed by atoms with Crippen LogP contribution in [0.2, 0.25) is 0 Å². The Morgan fingerprint density at radius 1 is 1.17 bits per heavy atom. The molecule has 2 heterocycles. The van der Waals surface area contributed by atoms with E-state index in [1.807, 2.05) is 0 Å². The van der Waals surface area contributed by atoms with Gasteiger partial charge in [-0.25, -0.2) is 15.0 Å². The molecule has 0 aromatic carbocycles. The van der Waals surface area contributed by atoms with Crippen molar-refractivity contribution >= 4 is 17.8 Å². The topological polar surface area (TPSA) is 106 Å². The van der Waals surface area contributed by atoms with Crippen LogP contribution in [0.15, 0.2) is 24.4 Å². The fourth-order valence-corrected chi connectivity index (χ4v) is 2.23.